The number of nitrogens with one attached hydrogen (secondary N) is 1. The first-order valence-electron chi connectivity index (χ1n) is 10.7. The van der Waals surface area contributed by atoms with Crippen molar-refractivity contribution in [3.05, 3.63) is 29.8 Å². The van der Waals surface area contributed by atoms with Gasteiger partial charge in [0, 0.05) is 31.2 Å². The molecule has 28 heavy (non-hydrogen) atoms. The van der Waals surface area contributed by atoms with E-state index in [0.29, 0.717) is 12.0 Å². The Kier molecular flexibility index (Phi) is 8.17. The smallest absolute Gasteiger partial charge is 0.317 e. The Morgan fingerprint density at radius 2 is 1.86 bits per heavy atom. The Labute approximate surface area is 171 Å². The summed E-state index contributed by atoms with van der Waals surface area (Å²) in [5.41, 5.74) is 1.17. The van der Waals surface area contributed by atoms with Gasteiger partial charge in [0.2, 0.25) is 0 Å². The minimum atomic E-state index is -0.177. The molecule has 0 spiro atoms. The number of benzene rings is 1. The molecule has 1 saturated heterocycles. The lowest BCUT2D eigenvalue weighted by atomic mass is 9.95. The number of amides is 2. The van der Waals surface area contributed by atoms with Gasteiger partial charge in [0.25, 0.3) is 0 Å². The molecular weight excluding hydrogens is 350 g/mol. The fourth-order valence-electron chi connectivity index (χ4n) is 3.90. The van der Waals surface area contributed by atoms with Crippen LogP contribution in [0.4, 0.5) is 4.79 Å². The van der Waals surface area contributed by atoms with Gasteiger partial charge in [0.05, 0.1) is 7.11 Å². The second-order valence-corrected chi connectivity index (χ2v) is 9.10. The summed E-state index contributed by atoms with van der Waals surface area (Å²) in [6, 6.07) is 8.98. The van der Waals surface area contributed by atoms with Gasteiger partial charge in [-0.25, -0.2) is 4.79 Å². The summed E-state index contributed by atoms with van der Waals surface area (Å²) in [7, 11) is 1.70. The Morgan fingerprint density at radius 3 is 2.36 bits per heavy atom. The van der Waals surface area contributed by atoms with E-state index in [1.54, 1.807) is 7.11 Å². The van der Waals surface area contributed by atoms with E-state index in [1.165, 1.54) is 5.56 Å². The monoisotopic (exact) mass is 389 g/mol. The largest absolute Gasteiger partial charge is 0.497 e. The lowest BCUT2D eigenvalue weighted by molar-refractivity contribution is 0.128. The predicted octanol–water partition coefficient (Wildman–Crippen LogP) is 4.17. The van der Waals surface area contributed by atoms with Gasteiger partial charge in [0.1, 0.15) is 5.75 Å². The average Bonchev–Trinajstić information content (AvgIpc) is 2.65. The first-order valence-corrected chi connectivity index (χ1v) is 10.7. The molecule has 2 rings (SSSR count). The van der Waals surface area contributed by atoms with E-state index < -0.39 is 0 Å². The number of carbonyl (C=O) groups is 1. The third-order valence-corrected chi connectivity index (χ3v) is 5.60. The second-order valence-electron chi connectivity index (χ2n) is 9.10. The Bertz CT molecular complexity index is 601. The van der Waals surface area contributed by atoms with E-state index in [1.807, 2.05) is 37.8 Å². The van der Waals surface area contributed by atoms with Gasteiger partial charge in [-0.15, -0.1) is 0 Å². The van der Waals surface area contributed by atoms with Gasteiger partial charge in [-0.3, -0.25) is 0 Å². The molecule has 0 aliphatic carbocycles. The molecule has 2 amide bonds. The summed E-state index contributed by atoms with van der Waals surface area (Å²) < 4.78 is 5.25. The van der Waals surface area contributed by atoms with Crippen LogP contribution in [0, 0.1) is 5.92 Å². The van der Waals surface area contributed by atoms with Crippen molar-refractivity contribution in [1.29, 1.82) is 0 Å². The lowest BCUT2D eigenvalue weighted by Gasteiger charge is -2.37. The minimum absolute atomic E-state index is 0.0752. The van der Waals surface area contributed by atoms with E-state index in [9.17, 15) is 4.79 Å². The number of piperidine rings is 1. The van der Waals surface area contributed by atoms with Gasteiger partial charge in [-0.05, 0) is 77.1 Å². The molecule has 5 nitrogen and oxygen atoms in total. The van der Waals surface area contributed by atoms with Crippen molar-refractivity contribution in [2.45, 2.75) is 65.5 Å². The maximum Gasteiger partial charge on any atom is 0.317 e. The number of nitrogens with zero attached hydrogens (tertiary/aromatic N) is 2. The van der Waals surface area contributed by atoms with E-state index >= 15 is 0 Å². The van der Waals surface area contributed by atoms with Crippen LogP contribution in [0.25, 0.3) is 0 Å². The zero-order valence-corrected chi connectivity index (χ0v) is 18.6. The molecule has 0 radical (unpaired) electrons. The molecular formula is C23H39N3O2. The molecule has 0 saturated carbocycles. The highest BCUT2D eigenvalue weighted by atomic mass is 16.5. The van der Waals surface area contributed by atoms with Crippen LogP contribution in [-0.2, 0) is 6.42 Å². The van der Waals surface area contributed by atoms with Crippen LogP contribution in [0.1, 0.15) is 53.0 Å². The molecule has 1 aliphatic rings. The number of methoxy groups -OCH3 is 1. The average molecular weight is 390 g/mol. The number of hydrogen-bond acceptors (Lipinski definition) is 3. The molecule has 1 unspecified atom stereocenters. The summed E-state index contributed by atoms with van der Waals surface area (Å²) in [5.74, 6) is 1.57. The third-order valence-electron chi connectivity index (χ3n) is 5.60. The molecule has 0 bridgehead atoms. The zero-order valence-electron chi connectivity index (χ0n) is 18.6. The quantitative estimate of drug-likeness (QED) is 0.761. The molecule has 5 heteroatoms. The summed E-state index contributed by atoms with van der Waals surface area (Å²) in [6.45, 7) is 14.5. The molecule has 0 aromatic heterocycles. The van der Waals surface area contributed by atoms with E-state index in [2.05, 4.69) is 36.2 Å². The van der Waals surface area contributed by atoms with Crippen molar-refractivity contribution in [2.24, 2.45) is 5.92 Å². The van der Waals surface area contributed by atoms with Crippen LogP contribution in [0.5, 0.6) is 5.75 Å². The van der Waals surface area contributed by atoms with Gasteiger partial charge in [-0.1, -0.05) is 19.1 Å². The molecule has 1 aliphatic heterocycles. The highest BCUT2D eigenvalue weighted by Crippen LogP contribution is 2.21. The van der Waals surface area contributed by atoms with Crippen LogP contribution in [0.15, 0.2) is 24.3 Å². The highest BCUT2D eigenvalue weighted by molar-refractivity contribution is 5.75. The van der Waals surface area contributed by atoms with Crippen LogP contribution in [0.2, 0.25) is 0 Å². The van der Waals surface area contributed by atoms with Crippen molar-refractivity contribution < 1.29 is 9.53 Å². The predicted molar refractivity (Wildman–Crippen MR) is 116 cm³/mol. The van der Waals surface area contributed by atoms with Crippen molar-refractivity contribution in [1.82, 2.24) is 15.1 Å². The summed E-state index contributed by atoms with van der Waals surface area (Å²) in [4.78, 5) is 16.9. The Hall–Kier alpha value is -1.75. The van der Waals surface area contributed by atoms with Gasteiger partial charge >= 0.3 is 6.03 Å². The second kappa shape index (κ2) is 10.1. The normalized spacial score (nSPS) is 16.9. The van der Waals surface area contributed by atoms with Crippen molar-refractivity contribution in [2.75, 3.05) is 33.3 Å². The highest BCUT2D eigenvalue weighted by Gasteiger charge is 2.27. The van der Waals surface area contributed by atoms with E-state index in [4.69, 9.17) is 4.74 Å². The molecule has 1 aromatic rings. The minimum Gasteiger partial charge on any atom is -0.497 e. The fourth-order valence-corrected chi connectivity index (χ4v) is 3.90. The number of rotatable bonds is 7. The maximum absolute atomic E-state index is 12.4. The van der Waals surface area contributed by atoms with Gasteiger partial charge in [0.15, 0.2) is 0 Å². The van der Waals surface area contributed by atoms with Crippen LogP contribution < -0.4 is 10.1 Å². The molecule has 1 N–H and O–H groups in total. The standard InChI is InChI=1S/C23H39N3O2/c1-7-25(18(2)16-19-8-10-21(28-6)11-9-19)17-20-12-14-26(15-13-20)22(27)24-23(3,4)5/h8-11,18,20H,7,12-17H2,1-6H3,(H,24,27). The summed E-state index contributed by atoms with van der Waals surface area (Å²) in [5, 5.41) is 3.08. The first-order chi connectivity index (χ1) is 13.2. The number of likely N-dealkylation sites (N-methyl/N-ethyl adjacent to an activating group) is 1. The number of ether oxygens (including phenoxy) is 1. The summed E-state index contributed by atoms with van der Waals surface area (Å²) in [6.07, 6.45) is 3.22. The van der Waals surface area contributed by atoms with Crippen LogP contribution >= 0.6 is 0 Å². The number of likely N-dealkylation sites (tertiary alicyclic amines) is 1. The van der Waals surface area contributed by atoms with Crippen molar-refractivity contribution in [3.8, 4) is 5.75 Å². The first kappa shape index (κ1) is 22.5. The Balaban J connectivity index is 1.81. The Morgan fingerprint density at radius 1 is 1.25 bits per heavy atom. The van der Waals surface area contributed by atoms with Gasteiger partial charge < -0.3 is 19.9 Å². The fraction of sp³-hybridized carbons (Fsp3) is 0.696. The lowest BCUT2D eigenvalue weighted by Crippen LogP contribution is -2.51. The third kappa shape index (κ3) is 7.01. The number of urea groups is 1. The molecule has 158 valence electrons. The molecule has 1 heterocycles. The number of hydrogen-bond donors (Lipinski definition) is 1. The van der Waals surface area contributed by atoms with Crippen LogP contribution in [-0.4, -0.2) is 60.7 Å². The van der Waals surface area contributed by atoms with E-state index in [0.717, 1.165) is 51.2 Å². The SMILES string of the molecule is CCN(CC1CCN(C(=O)NC(C)(C)C)CC1)C(C)Cc1ccc(OC)cc1. The van der Waals surface area contributed by atoms with E-state index in [-0.39, 0.29) is 11.6 Å². The topological polar surface area (TPSA) is 44.8 Å². The molecule has 1 atom stereocenters. The van der Waals surface area contributed by atoms with Gasteiger partial charge in [-0.2, -0.15) is 0 Å². The summed E-state index contributed by atoms with van der Waals surface area (Å²) >= 11 is 0. The van der Waals surface area contributed by atoms with Crippen molar-refractivity contribution >= 4 is 6.03 Å². The maximum atomic E-state index is 12.4. The molecule has 1 aromatic carbocycles. The zero-order chi connectivity index (χ0) is 20.7. The molecule has 1 fully saturated rings. The number of carbonyl (C=O) groups excluding carboxylic acids is 1. The van der Waals surface area contributed by atoms with Crippen LogP contribution in [0.3, 0.4) is 0 Å². The van der Waals surface area contributed by atoms with Crippen molar-refractivity contribution in [3.63, 3.8) is 0 Å².